The first-order chi connectivity index (χ1) is 15.4. The van der Waals surface area contributed by atoms with E-state index in [2.05, 4.69) is 30.9 Å². The van der Waals surface area contributed by atoms with E-state index in [4.69, 9.17) is 9.47 Å². The molecule has 32 heavy (non-hydrogen) atoms. The number of hydrogen-bond donors (Lipinski definition) is 1. The van der Waals surface area contributed by atoms with Crippen molar-refractivity contribution in [3.05, 3.63) is 94.5 Å². The molecule has 0 saturated carbocycles. The van der Waals surface area contributed by atoms with Crippen molar-refractivity contribution in [2.75, 3.05) is 17.5 Å². The van der Waals surface area contributed by atoms with Crippen LogP contribution in [0.1, 0.15) is 30.5 Å². The van der Waals surface area contributed by atoms with Gasteiger partial charge in [0.2, 0.25) is 5.72 Å². The average molecular weight is 431 g/mol. The molecule has 0 fully saturated rings. The minimum atomic E-state index is -0.849. The van der Waals surface area contributed by atoms with Gasteiger partial charge in [-0.2, -0.15) is 0 Å². The van der Waals surface area contributed by atoms with Gasteiger partial charge >= 0.3 is 0 Å². The van der Waals surface area contributed by atoms with Crippen LogP contribution in [0.5, 0.6) is 11.5 Å². The van der Waals surface area contributed by atoms with E-state index in [1.807, 2.05) is 29.8 Å². The summed E-state index contributed by atoms with van der Waals surface area (Å²) in [5, 5.41) is 11.3. The topological polar surface area (TPSA) is 56.8 Å². The van der Waals surface area contributed by atoms with E-state index in [-0.39, 0.29) is 5.82 Å². The van der Waals surface area contributed by atoms with Crippen LogP contribution in [0.2, 0.25) is 0 Å². The zero-order valence-corrected chi connectivity index (χ0v) is 18.2. The molecule has 3 aromatic rings. The van der Waals surface area contributed by atoms with Gasteiger partial charge in [-0.1, -0.05) is 30.3 Å². The molecule has 0 radical (unpaired) electrons. The third-order valence-electron chi connectivity index (χ3n) is 6.59. The summed E-state index contributed by atoms with van der Waals surface area (Å²) in [6.07, 6.45) is 4.03. The van der Waals surface area contributed by atoms with Gasteiger partial charge in [0.25, 0.3) is 0 Å². The van der Waals surface area contributed by atoms with Gasteiger partial charge in [-0.15, -0.1) is 0 Å². The second kappa shape index (κ2) is 7.28. The Morgan fingerprint density at radius 3 is 2.56 bits per heavy atom. The lowest BCUT2D eigenvalue weighted by molar-refractivity contribution is 0.0493. The molecule has 3 aromatic carbocycles. The van der Waals surface area contributed by atoms with Gasteiger partial charge in [-0.05, 0) is 61.4 Å². The molecule has 5 rings (SSSR count). The largest absolute Gasteiger partial charge is 0.761 e. The van der Waals surface area contributed by atoms with Crippen LogP contribution in [-0.4, -0.2) is 12.8 Å². The van der Waals surface area contributed by atoms with E-state index in [1.165, 1.54) is 12.1 Å². The zero-order valence-electron chi connectivity index (χ0n) is 18.2. The maximum Gasteiger partial charge on any atom is 0.212 e. The molecule has 0 bridgehead atoms. The van der Waals surface area contributed by atoms with Crippen LogP contribution in [0.25, 0.3) is 6.08 Å². The quantitative estimate of drug-likeness (QED) is 0.526. The highest BCUT2D eigenvalue weighted by molar-refractivity contribution is 5.76. The number of fused-ring (bicyclic) bond motifs is 2. The number of methoxy groups -OCH3 is 1. The first-order valence-corrected chi connectivity index (χ1v) is 10.5. The number of rotatable bonds is 4. The molecular weight excluding hydrogens is 407 g/mol. The molecular formula is C26H24FN2O3-. The van der Waals surface area contributed by atoms with Crippen molar-refractivity contribution < 1.29 is 13.9 Å². The SMILES string of the molecule is COc1cc(N[O-])cc2c1OC1(C=C2)N(Cc2ccc(F)cc2)c2ccccc2C1(C)C. The third kappa shape index (κ3) is 2.87. The number of nitrogens with zero attached hydrogens (tertiary/aromatic N) is 1. The lowest BCUT2D eigenvalue weighted by atomic mass is 9.76. The highest BCUT2D eigenvalue weighted by Crippen LogP contribution is 2.56. The molecule has 6 heteroatoms. The number of ether oxygens (including phenoxy) is 2. The van der Waals surface area contributed by atoms with Crippen molar-refractivity contribution in [3.8, 4) is 11.5 Å². The number of hydrogen-bond acceptors (Lipinski definition) is 5. The molecule has 2 aliphatic heterocycles. The van der Waals surface area contributed by atoms with Crippen molar-refractivity contribution in [2.24, 2.45) is 0 Å². The van der Waals surface area contributed by atoms with Crippen LogP contribution in [0.15, 0.2) is 66.7 Å². The Morgan fingerprint density at radius 1 is 1.09 bits per heavy atom. The molecule has 0 amide bonds. The Hall–Kier alpha value is -3.51. The highest BCUT2D eigenvalue weighted by Gasteiger charge is 2.59. The van der Waals surface area contributed by atoms with Crippen LogP contribution in [0, 0.1) is 11.0 Å². The standard InChI is InChI=1S/C26H24FN2O3/c1-25(2)21-6-4-5-7-22(21)29(16-17-8-10-19(27)11-9-17)26(25)13-12-18-14-20(28-30)15-23(31-3)24(18)32-26/h4-15,28H,16H2,1-3H3/q-1. The molecule has 1 unspecified atom stereocenters. The summed E-state index contributed by atoms with van der Waals surface area (Å²) in [7, 11) is 1.56. The first-order valence-electron chi connectivity index (χ1n) is 10.5. The van der Waals surface area contributed by atoms with E-state index in [1.54, 1.807) is 31.4 Å². The summed E-state index contributed by atoms with van der Waals surface area (Å²) in [4.78, 5) is 2.22. The fourth-order valence-corrected chi connectivity index (χ4v) is 4.86. The third-order valence-corrected chi connectivity index (χ3v) is 6.59. The summed E-state index contributed by atoms with van der Waals surface area (Å²) in [6, 6.07) is 18.2. The van der Waals surface area contributed by atoms with E-state index in [0.717, 1.165) is 22.4 Å². The molecule has 1 atom stereocenters. The minimum absolute atomic E-state index is 0.263. The van der Waals surface area contributed by atoms with Gasteiger partial charge < -0.3 is 25.1 Å². The van der Waals surface area contributed by atoms with Crippen LogP contribution in [0.3, 0.4) is 0 Å². The first kappa shape index (κ1) is 20.4. The van der Waals surface area contributed by atoms with Gasteiger partial charge in [0.1, 0.15) is 5.82 Å². The number of nitrogens with one attached hydrogen (secondary N) is 1. The van der Waals surface area contributed by atoms with Crippen LogP contribution < -0.4 is 19.9 Å². The Kier molecular flexibility index (Phi) is 4.64. The van der Waals surface area contributed by atoms with E-state index < -0.39 is 11.1 Å². The highest BCUT2D eigenvalue weighted by atomic mass is 19.1. The van der Waals surface area contributed by atoms with Gasteiger partial charge in [0, 0.05) is 29.5 Å². The maximum absolute atomic E-state index is 13.5. The summed E-state index contributed by atoms with van der Waals surface area (Å²) >= 11 is 0. The molecule has 164 valence electrons. The number of benzene rings is 3. The number of para-hydroxylation sites is 1. The van der Waals surface area contributed by atoms with E-state index >= 15 is 0 Å². The molecule has 0 saturated heterocycles. The molecule has 5 nitrogen and oxygen atoms in total. The number of anilines is 2. The Morgan fingerprint density at radius 2 is 1.84 bits per heavy atom. The summed E-state index contributed by atoms with van der Waals surface area (Å²) in [5.74, 6) is 0.804. The molecule has 2 heterocycles. The van der Waals surface area contributed by atoms with Crippen molar-refractivity contribution in [1.29, 1.82) is 0 Å². The predicted octanol–water partition coefficient (Wildman–Crippen LogP) is 5.84. The van der Waals surface area contributed by atoms with Crippen LogP contribution in [-0.2, 0) is 12.0 Å². The Balaban J connectivity index is 1.67. The Bertz CT molecular complexity index is 1210. The lowest BCUT2D eigenvalue weighted by Crippen LogP contribution is -2.59. The van der Waals surface area contributed by atoms with Gasteiger partial charge in [-0.25, -0.2) is 4.39 Å². The monoisotopic (exact) mass is 431 g/mol. The summed E-state index contributed by atoms with van der Waals surface area (Å²) in [6.45, 7) is 4.85. The minimum Gasteiger partial charge on any atom is -0.761 e. The van der Waals surface area contributed by atoms with Crippen molar-refractivity contribution in [3.63, 3.8) is 0 Å². The summed E-state index contributed by atoms with van der Waals surface area (Å²) < 4.78 is 25.9. The molecule has 0 aliphatic carbocycles. The predicted molar refractivity (Wildman–Crippen MR) is 124 cm³/mol. The van der Waals surface area contributed by atoms with Gasteiger partial charge in [0.05, 0.1) is 12.5 Å². The second-order valence-corrected chi connectivity index (χ2v) is 8.69. The lowest BCUT2D eigenvalue weighted by Gasteiger charge is -2.47. The van der Waals surface area contributed by atoms with Gasteiger partial charge in [0.15, 0.2) is 11.5 Å². The van der Waals surface area contributed by atoms with E-state index in [0.29, 0.717) is 23.7 Å². The van der Waals surface area contributed by atoms with E-state index in [9.17, 15) is 9.60 Å². The fourth-order valence-electron chi connectivity index (χ4n) is 4.86. The Labute approximate surface area is 186 Å². The molecule has 1 N–H and O–H groups in total. The van der Waals surface area contributed by atoms with Crippen molar-refractivity contribution >= 4 is 17.5 Å². The van der Waals surface area contributed by atoms with Crippen LogP contribution >= 0.6 is 0 Å². The van der Waals surface area contributed by atoms with Crippen molar-refractivity contribution in [1.82, 2.24) is 0 Å². The normalized spacial score (nSPS) is 20.0. The molecule has 2 aliphatic rings. The number of halogens is 1. The fraction of sp³-hybridized carbons (Fsp3) is 0.231. The smallest absolute Gasteiger partial charge is 0.212 e. The average Bonchev–Trinajstić information content (AvgIpc) is 2.98. The van der Waals surface area contributed by atoms with Gasteiger partial charge in [-0.3, -0.25) is 0 Å². The van der Waals surface area contributed by atoms with Crippen molar-refractivity contribution in [2.45, 2.75) is 31.5 Å². The maximum atomic E-state index is 13.5. The molecule has 0 aromatic heterocycles. The summed E-state index contributed by atoms with van der Waals surface area (Å²) in [5.41, 5.74) is 5.02. The molecule has 1 spiro atoms. The van der Waals surface area contributed by atoms with Crippen LogP contribution in [0.4, 0.5) is 15.8 Å². The zero-order chi connectivity index (χ0) is 22.5. The second-order valence-electron chi connectivity index (χ2n) is 8.69.